The molecule has 2 bridgehead atoms. The summed E-state index contributed by atoms with van der Waals surface area (Å²) in [5.74, 6) is 0.954. The summed E-state index contributed by atoms with van der Waals surface area (Å²) < 4.78 is 0. The summed E-state index contributed by atoms with van der Waals surface area (Å²) in [5, 5.41) is 10.4. The van der Waals surface area contributed by atoms with E-state index >= 15 is 0 Å². The van der Waals surface area contributed by atoms with E-state index in [1.165, 1.54) is 18.4 Å². The Morgan fingerprint density at radius 3 is 2.35 bits per heavy atom. The van der Waals surface area contributed by atoms with Crippen molar-refractivity contribution in [2.45, 2.75) is 31.9 Å². The molecule has 1 heterocycles. The molecule has 1 aromatic rings. The molecule has 0 spiro atoms. The van der Waals surface area contributed by atoms with Gasteiger partial charge in [0.25, 0.3) is 0 Å². The highest BCUT2D eigenvalue weighted by atomic mass is 16.3. The Bertz CT molecular complexity index is 371. The maximum atomic E-state index is 10.4. The zero-order chi connectivity index (χ0) is 11.9. The average molecular weight is 231 g/mol. The molecule has 2 heteroatoms. The average Bonchev–Trinajstić information content (AvgIpc) is 2.53. The van der Waals surface area contributed by atoms with Crippen LogP contribution in [0.1, 0.15) is 25.3 Å². The van der Waals surface area contributed by atoms with Gasteiger partial charge in [0.1, 0.15) is 0 Å². The Kier molecular flexibility index (Phi) is 2.72. The van der Waals surface area contributed by atoms with Crippen molar-refractivity contribution in [1.82, 2.24) is 4.90 Å². The molecular weight excluding hydrogens is 210 g/mol. The molecular formula is C15H21NO. The fourth-order valence-electron chi connectivity index (χ4n) is 3.54. The van der Waals surface area contributed by atoms with Gasteiger partial charge in [0.2, 0.25) is 0 Å². The van der Waals surface area contributed by atoms with Gasteiger partial charge in [0, 0.05) is 31.5 Å². The van der Waals surface area contributed by atoms with Gasteiger partial charge in [0.15, 0.2) is 0 Å². The van der Waals surface area contributed by atoms with E-state index in [9.17, 15) is 5.11 Å². The molecule has 2 fully saturated rings. The van der Waals surface area contributed by atoms with Gasteiger partial charge in [-0.15, -0.1) is 0 Å². The summed E-state index contributed by atoms with van der Waals surface area (Å²) in [6, 6.07) is 10.6. The van der Waals surface area contributed by atoms with E-state index in [-0.39, 0.29) is 0 Å². The molecule has 1 aliphatic carbocycles. The number of aliphatic hydroxyl groups is 1. The van der Waals surface area contributed by atoms with Crippen LogP contribution >= 0.6 is 0 Å². The van der Waals surface area contributed by atoms with Crippen molar-refractivity contribution in [3.63, 3.8) is 0 Å². The van der Waals surface area contributed by atoms with Crippen LogP contribution < -0.4 is 0 Å². The second-order valence-corrected chi connectivity index (χ2v) is 5.88. The quantitative estimate of drug-likeness (QED) is 0.844. The van der Waals surface area contributed by atoms with E-state index in [4.69, 9.17) is 0 Å². The van der Waals surface area contributed by atoms with Crippen LogP contribution in [0.4, 0.5) is 0 Å². The van der Waals surface area contributed by atoms with Crippen LogP contribution in [0.2, 0.25) is 0 Å². The number of rotatable bonds is 2. The maximum absolute atomic E-state index is 10.4. The number of hydrogen-bond donors (Lipinski definition) is 1. The van der Waals surface area contributed by atoms with Crippen LogP contribution in [0.25, 0.3) is 0 Å². The smallest absolute Gasteiger partial charge is 0.0700 e. The lowest BCUT2D eigenvalue weighted by atomic mass is 9.82. The first-order valence-corrected chi connectivity index (χ1v) is 6.65. The van der Waals surface area contributed by atoms with Gasteiger partial charge in [-0.2, -0.15) is 0 Å². The molecule has 0 radical (unpaired) electrons. The summed E-state index contributed by atoms with van der Waals surface area (Å²) >= 11 is 0. The van der Waals surface area contributed by atoms with Crippen LogP contribution in [-0.2, 0) is 6.54 Å². The Hall–Kier alpha value is -0.860. The van der Waals surface area contributed by atoms with Crippen molar-refractivity contribution in [3.05, 3.63) is 35.9 Å². The van der Waals surface area contributed by atoms with Gasteiger partial charge in [-0.25, -0.2) is 0 Å². The van der Waals surface area contributed by atoms with E-state index in [0.29, 0.717) is 11.8 Å². The van der Waals surface area contributed by atoms with Gasteiger partial charge in [-0.1, -0.05) is 30.3 Å². The SMILES string of the molecule is CC1(O)C2CCC1CN(Cc1ccccc1)C2. The summed E-state index contributed by atoms with van der Waals surface area (Å²) in [5.41, 5.74) is 0.973. The monoisotopic (exact) mass is 231 g/mol. The lowest BCUT2D eigenvalue weighted by molar-refractivity contribution is -0.0707. The second kappa shape index (κ2) is 4.11. The van der Waals surface area contributed by atoms with E-state index in [0.717, 1.165) is 19.6 Å². The zero-order valence-corrected chi connectivity index (χ0v) is 10.5. The molecule has 2 atom stereocenters. The van der Waals surface area contributed by atoms with Crippen LogP contribution in [0.5, 0.6) is 0 Å². The number of likely N-dealkylation sites (tertiary alicyclic amines) is 1. The highest BCUT2D eigenvalue weighted by Crippen LogP contribution is 2.44. The van der Waals surface area contributed by atoms with Gasteiger partial charge < -0.3 is 5.11 Å². The molecule has 1 saturated carbocycles. The fourth-order valence-corrected chi connectivity index (χ4v) is 3.54. The minimum Gasteiger partial charge on any atom is -0.390 e. The predicted molar refractivity (Wildman–Crippen MR) is 68.6 cm³/mol. The molecule has 0 amide bonds. The van der Waals surface area contributed by atoms with Gasteiger partial charge in [-0.05, 0) is 25.3 Å². The number of fused-ring (bicyclic) bond motifs is 2. The first-order chi connectivity index (χ1) is 8.16. The lowest BCUT2D eigenvalue weighted by Gasteiger charge is -2.42. The Morgan fingerprint density at radius 2 is 1.76 bits per heavy atom. The standard InChI is InChI=1S/C15H21NO/c1-15(17)13-7-8-14(15)11-16(10-13)9-12-5-3-2-4-6-12/h2-6,13-14,17H,7-11H2,1H3. The molecule has 2 nitrogen and oxygen atoms in total. The van der Waals surface area contributed by atoms with E-state index in [2.05, 4.69) is 35.2 Å². The van der Waals surface area contributed by atoms with Crippen LogP contribution in [0.15, 0.2) is 30.3 Å². The molecule has 17 heavy (non-hydrogen) atoms. The summed E-state index contributed by atoms with van der Waals surface area (Å²) in [4.78, 5) is 2.51. The van der Waals surface area contributed by atoms with Crippen molar-refractivity contribution in [2.75, 3.05) is 13.1 Å². The number of nitrogens with zero attached hydrogens (tertiary/aromatic N) is 1. The molecule has 92 valence electrons. The molecule has 1 N–H and O–H groups in total. The third-order valence-electron chi connectivity index (χ3n) is 4.72. The molecule has 1 aliphatic heterocycles. The topological polar surface area (TPSA) is 23.5 Å². The summed E-state index contributed by atoms with van der Waals surface area (Å²) in [6.45, 7) is 5.18. The van der Waals surface area contributed by atoms with Crippen molar-refractivity contribution in [1.29, 1.82) is 0 Å². The highest BCUT2D eigenvalue weighted by molar-refractivity contribution is 5.15. The van der Waals surface area contributed by atoms with E-state index in [1.807, 2.05) is 6.92 Å². The molecule has 1 aromatic carbocycles. The van der Waals surface area contributed by atoms with E-state index < -0.39 is 5.60 Å². The minimum absolute atomic E-state index is 0.410. The van der Waals surface area contributed by atoms with Crippen molar-refractivity contribution < 1.29 is 5.11 Å². The van der Waals surface area contributed by atoms with Crippen molar-refractivity contribution in [2.24, 2.45) is 11.8 Å². The fraction of sp³-hybridized carbons (Fsp3) is 0.600. The third-order valence-corrected chi connectivity index (χ3v) is 4.72. The molecule has 1 saturated heterocycles. The van der Waals surface area contributed by atoms with Crippen molar-refractivity contribution >= 4 is 0 Å². The largest absolute Gasteiger partial charge is 0.390 e. The molecule has 0 aromatic heterocycles. The predicted octanol–water partition coefficient (Wildman–Crippen LogP) is 2.28. The first-order valence-electron chi connectivity index (χ1n) is 6.65. The second-order valence-electron chi connectivity index (χ2n) is 5.88. The highest BCUT2D eigenvalue weighted by Gasteiger charge is 2.49. The van der Waals surface area contributed by atoms with Crippen LogP contribution in [-0.4, -0.2) is 28.7 Å². The maximum Gasteiger partial charge on any atom is 0.0700 e. The van der Waals surface area contributed by atoms with Crippen LogP contribution in [0.3, 0.4) is 0 Å². The number of piperidine rings is 1. The van der Waals surface area contributed by atoms with Gasteiger partial charge in [0.05, 0.1) is 5.60 Å². The van der Waals surface area contributed by atoms with Crippen molar-refractivity contribution in [3.8, 4) is 0 Å². The van der Waals surface area contributed by atoms with Gasteiger partial charge >= 0.3 is 0 Å². The Labute approximate surface area is 103 Å². The van der Waals surface area contributed by atoms with Gasteiger partial charge in [-0.3, -0.25) is 4.90 Å². The number of hydrogen-bond acceptors (Lipinski definition) is 2. The first kappa shape index (κ1) is 11.2. The number of benzene rings is 1. The minimum atomic E-state index is -0.410. The molecule has 2 aliphatic rings. The molecule has 2 unspecified atom stereocenters. The Morgan fingerprint density at radius 1 is 1.18 bits per heavy atom. The zero-order valence-electron chi connectivity index (χ0n) is 10.5. The molecule has 3 rings (SSSR count). The summed E-state index contributed by atoms with van der Waals surface area (Å²) in [6.07, 6.45) is 2.39. The Balaban J connectivity index is 1.69. The third kappa shape index (κ3) is 2.00. The van der Waals surface area contributed by atoms with Crippen LogP contribution in [0, 0.1) is 11.8 Å². The van der Waals surface area contributed by atoms with E-state index in [1.54, 1.807) is 0 Å². The lowest BCUT2D eigenvalue weighted by Crippen LogP contribution is -2.51. The summed E-state index contributed by atoms with van der Waals surface area (Å²) in [7, 11) is 0. The normalized spacial score (nSPS) is 37.3.